The third-order valence-electron chi connectivity index (χ3n) is 2.89. The second-order valence-corrected chi connectivity index (χ2v) is 5.36. The molecule has 0 bridgehead atoms. The van der Waals surface area contributed by atoms with Crippen molar-refractivity contribution >= 4 is 29.3 Å². The minimum absolute atomic E-state index is 0.0992. The van der Waals surface area contributed by atoms with E-state index >= 15 is 0 Å². The first-order chi connectivity index (χ1) is 9.88. The molecule has 21 heavy (non-hydrogen) atoms. The van der Waals surface area contributed by atoms with Crippen molar-refractivity contribution in [1.82, 2.24) is 5.32 Å². The number of rotatable bonds is 7. The van der Waals surface area contributed by atoms with Crippen LogP contribution in [0.2, 0.25) is 0 Å². The summed E-state index contributed by atoms with van der Waals surface area (Å²) >= 11 is 1.46. The number of amides is 1. The smallest absolute Gasteiger partial charge is 0.326 e. The average Bonchev–Trinajstić information content (AvgIpc) is 2.42. The summed E-state index contributed by atoms with van der Waals surface area (Å²) in [6, 6.07) is 3.20. The lowest BCUT2D eigenvalue weighted by Crippen LogP contribution is -2.41. The van der Waals surface area contributed by atoms with Crippen LogP contribution in [-0.2, 0) is 4.79 Å². The summed E-state index contributed by atoms with van der Waals surface area (Å²) in [6.07, 6.45) is 2.08. The summed E-state index contributed by atoms with van der Waals surface area (Å²) < 4.78 is 0. The van der Waals surface area contributed by atoms with Crippen molar-refractivity contribution in [2.75, 3.05) is 12.0 Å². The monoisotopic (exact) mass is 312 g/mol. The van der Waals surface area contributed by atoms with Crippen molar-refractivity contribution in [1.29, 1.82) is 0 Å². The van der Waals surface area contributed by atoms with Gasteiger partial charge in [-0.25, -0.2) is 4.79 Å². The molecule has 0 radical (unpaired) electrons. The third-order valence-corrected chi connectivity index (χ3v) is 3.53. The highest BCUT2D eigenvalue weighted by Gasteiger charge is 2.26. The summed E-state index contributed by atoms with van der Waals surface area (Å²) in [4.78, 5) is 33.6. The first kappa shape index (κ1) is 17.0. The zero-order chi connectivity index (χ0) is 16.0. The fraction of sp³-hybridized carbons (Fsp3) is 0.385. The largest absolute Gasteiger partial charge is 0.480 e. The van der Waals surface area contributed by atoms with Gasteiger partial charge in [-0.05, 0) is 30.9 Å². The highest BCUT2D eigenvalue weighted by Crippen LogP contribution is 2.22. The Bertz CT molecular complexity index is 561. The van der Waals surface area contributed by atoms with E-state index in [1.54, 1.807) is 13.0 Å². The number of carbonyl (C=O) groups excluding carboxylic acids is 1. The van der Waals surface area contributed by atoms with E-state index in [4.69, 9.17) is 5.11 Å². The average molecular weight is 312 g/mol. The van der Waals surface area contributed by atoms with E-state index < -0.39 is 22.8 Å². The van der Waals surface area contributed by atoms with E-state index in [0.717, 1.165) is 0 Å². The molecule has 0 unspecified atom stereocenters. The van der Waals surface area contributed by atoms with Crippen LogP contribution in [-0.4, -0.2) is 40.0 Å². The summed E-state index contributed by atoms with van der Waals surface area (Å²) in [5, 5.41) is 22.4. The van der Waals surface area contributed by atoms with E-state index in [1.165, 1.54) is 23.9 Å². The molecule has 2 N–H and O–H groups in total. The SMILES string of the molecule is CSCC[C@@H](NC(=O)c1c(C)cccc1[N+](=O)[O-])C(=O)O. The van der Waals surface area contributed by atoms with Gasteiger partial charge in [0.1, 0.15) is 11.6 Å². The number of nitro benzene ring substituents is 1. The van der Waals surface area contributed by atoms with E-state index in [2.05, 4.69) is 5.32 Å². The van der Waals surface area contributed by atoms with Crippen molar-refractivity contribution in [3.8, 4) is 0 Å². The maximum absolute atomic E-state index is 12.2. The van der Waals surface area contributed by atoms with Gasteiger partial charge in [0.25, 0.3) is 11.6 Å². The maximum Gasteiger partial charge on any atom is 0.326 e. The molecule has 7 nitrogen and oxygen atoms in total. The maximum atomic E-state index is 12.2. The van der Waals surface area contributed by atoms with E-state index in [9.17, 15) is 19.7 Å². The van der Waals surface area contributed by atoms with Crippen LogP contribution in [0.15, 0.2) is 18.2 Å². The van der Waals surface area contributed by atoms with Crippen molar-refractivity contribution < 1.29 is 19.6 Å². The minimum atomic E-state index is -1.16. The van der Waals surface area contributed by atoms with Crippen molar-refractivity contribution in [2.24, 2.45) is 0 Å². The molecule has 0 fully saturated rings. The van der Waals surface area contributed by atoms with Gasteiger partial charge in [-0.2, -0.15) is 11.8 Å². The van der Waals surface area contributed by atoms with Crippen molar-refractivity contribution in [3.05, 3.63) is 39.4 Å². The number of carbonyl (C=O) groups is 2. The number of benzene rings is 1. The Balaban J connectivity index is 3.02. The highest BCUT2D eigenvalue weighted by atomic mass is 32.2. The van der Waals surface area contributed by atoms with Gasteiger partial charge in [0.05, 0.1) is 4.92 Å². The number of carboxylic acids is 1. The molecule has 1 aromatic rings. The Hall–Kier alpha value is -2.09. The first-order valence-corrected chi connectivity index (χ1v) is 7.54. The van der Waals surface area contributed by atoms with Crippen LogP contribution < -0.4 is 5.32 Å². The quantitative estimate of drug-likeness (QED) is 0.587. The van der Waals surface area contributed by atoms with E-state index in [0.29, 0.717) is 11.3 Å². The van der Waals surface area contributed by atoms with Crippen LogP contribution in [0.1, 0.15) is 22.3 Å². The van der Waals surface area contributed by atoms with Gasteiger partial charge >= 0.3 is 5.97 Å². The van der Waals surface area contributed by atoms with E-state index in [-0.39, 0.29) is 17.7 Å². The fourth-order valence-electron chi connectivity index (χ4n) is 1.82. The first-order valence-electron chi connectivity index (χ1n) is 6.15. The summed E-state index contributed by atoms with van der Waals surface area (Å²) in [5.74, 6) is -1.34. The normalized spacial score (nSPS) is 11.7. The van der Waals surface area contributed by atoms with Gasteiger partial charge in [-0.15, -0.1) is 0 Å². The molecule has 8 heteroatoms. The number of aliphatic carboxylic acids is 1. The van der Waals surface area contributed by atoms with Crippen LogP contribution in [0.3, 0.4) is 0 Å². The topological polar surface area (TPSA) is 110 Å². The van der Waals surface area contributed by atoms with Gasteiger partial charge in [0.15, 0.2) is 0 Å². The van der Waals surface area contributed by atoms with Crippen LogP contribution in [0.4, 0.5) is 5.69 Å². The number of aryl methyl sites for hydroxylation is 1. The second kappa shape index (κ2) is 7.63. The Morgan fingerprint density at radius 3 is 2.67 bits per heavy atom. The van der Waals surface area contributed by atoms with Gasteiger partial charge in [0, 0.05) is 6.07 Å². The number of nitro groups is 1. The molecule has 0 aliphatic carbocycles. The Kier molecular flexibility index (Phi) is 6.16. The van der Waals surface area contributed by atoms with Crippen molar-refractivity contribution in [2.45, 2.75) is 19.4 Å². The molecule has 0 spiro atoms. The minimum Gasteiger partial charge on any atom is -0.480 e. The zero-order valence-electron chi connectivity index (χ0n) is 11.7. The summed E-state index contributed by atoms with van der Waals surface area (Å²) in [5.41, 5.74) is -0.00453. The Morgan fingerprint density at radius 2 is 2.14 bits per heavy atom. The number of nitrogens with one attached hydrogen (secondary N) is 1. The van der Waals surface area contributed by atoms with E-state index in [1.807, 2.05) is 6.26 Å². The lowest BCUT2D eigenvalue weighted by Gasteiger charge is -2.15. The fourth-order valence-corrected chi connectivity index (χ4v) is 2.29. The molecule has 0 aliphatic rings. The predicted molar refractivity (Wildman–Crippen MR) is 79.7 cm³/mol. The van der Waals surface area contributed by atoms with Crippen LogP contribution >= 0.6 is 11.8 Å². The molecule has 1 amide bonds. The zero-order valence-corrected chi connectivity index (χ0v) is 12.5. The molecule has 1 atom stereocenters. The Labute approximate surface area is 125 Å². The van der Waals surface area contributed by atoms with Crippen LogP contribution in [0.5, 0.6) is 0 Å². The molecule has 0 saturated heterocycles. The molecule has 0 aliphatic heterocycles. The van der Waals surface area contributed by atoms with Crippen LogP contribution in [0.25, 0.3) is 0 Å². The number of nitrogens with zero attached hydrogens (tertiary/aromatic N) is 1. The van der Waals surface area contributed by atoms with Gasteiger partial charge in [-0.1, -0.05) is 12.1 Å². The number of carboxylic acid groups (broad SMARTS) is 1. The molecule has 0 heterocycles. The molecule has 0 aromatic heterocycles. The second-order valence-electron chi connectivity index (χ2n) is 4.37. The van der Waals surface area contributed by atoms with Gasteiger partial charge in [-0.3, -0.25) is 14.9 Å². The number of hydrogen-bond donors (Lipinski definition) is 2. The number of hydrogen-bond acceptors (Lipinski definition) is 5. The standard InChI is InChI=1S/C13H16N2O5S/c1-8-4-3-5-10(15(19)20)11(8)12(16)14-9(13(17)18)6-7-21-2/h3-5,9H,6-7H2,1-2H3,(H,14,16)(H,17,18)/t9-/m1/s1. The Morgan fingerprint density at radius 1 is 1.48 bits per heavy atom. The lowest BCUT2D eigenvalue weighted by molar-refractivity contribution is -0.385. The molecule has 114 valence electrons. The van der Waals surface area contributed by atoms with Crippen molar-refractivity contribution in [3.63, 3.8) is 0 Å². The summed E-state index contributed by atoms with van der Waals surface area (Å²) in [7, 11) is 0. The predicted octanol–water partition coefficient (Wildman–Crippen LogP) is 1.84. The molecule has 1 rings (SSSR count). The molecular formula is C13H16N2O5S. The van der Waals surface area contributed by atoms with Crippen LogP contribution in [0, 0.1) is 17.0 Å². The summed E-state index contributed by atoms with van der Waals surface area (Å²) in [6.45, 7) is 1.57. The van der Waals surface area contributed by atoms with Gasteiger partial charge in [0.2, 0.25) is 0 Å². The highest BCUT2D eigenvalue weighted by molar-refractivity contribution is 7.98. The molecule has 1 aromatic carbocycles. The number of thioether (sulfide) groups is 1. The molecule has 0 saturated carbocycles. The molecular weight excluding hydrogens is 296 g/mol. The lowest BCUT2D eigenvalue weighted by atomic mass is 10.1. The third kappa shape index (κ3) is 4.45. The van der Waals surface area contributed by atoms with Gasteiger partial charge < -0.3 is 10.4 Å².